The van der Waals surface area contributed by atoms with Crippen molar-refractivity contribution in [3.8, 4) is 5.69 Å². The highest BCUT2D eigenvalue weighted by molar-refractivity contribution is 7.98. The Morgan fingerprint density at radius 2 is 1.84 bits per heavy atom. The van der Waals surface area contributed by atoms with E-state index in [9.17, 15) is 19.3 Å². The quantitative estimate of drug-likeness (QED) is 0.311. The number of imidazole rings is 1. The van der Waals surface area contributed by atoms with Crippen LogP contribution in [0.25, 0.3) is 5.69 Å². The second-order valence-corrected chi connectivity index (χ2v) is 8.32. The zero-order valence-electron chi connectivity index (χ0n) is 17.1. The summed E-state index contributed by atoms with van der Waals surface area (Å²) in [5.74, 6) is -0.563. The first-order valence-electron chi connectivity index (χ1n) is 9.75. The number of carbonyl (C=O) groups excluding carboxylic acids is 1. The highest BCUT2D eigenvalue weighted by Gasteiger charge is 2.29. The van der Waals surface area contributed by atoms with E-state index in [0.717, 1.165) is 0 Å². The number of aromatic nitrogens is 2. The minimum atomic E-state index is -0.454. The van der Waals surface area contributed by atoms with Crippen LogP contribution in [-0.4, -0.2) is 57.7 Å². The molecule has 1 aliphatic heterocycles. The maximum atomic E-state index is 13.4. The Kier molecular flexibility index (Phi) is 6.33. The van der Waals surface area contributed by atoms with Crippen LogP contribution >= 0.6 is 23.4 Å². The van der Waals surface area contributed by atoms with Crippen LogP contribution in [0.1, 0.15) is 10.5 Å². The normalized spacial score (nSPS) is 14.0. The molecular formula is C21H19ClFN5O3S. The zero-order chi connectivity index (χ0) is 22.8. The molecule has 4 rings (SSSR count). The van der Waals surface area contributed by atoms with Crippen LogP contribution in [0.2, 0.25) is 5.02 Å². The lowest BCUT2D eigenvalue weighted by atomic mass is 10.2. The molecule has 2 aromatic carbocycles. The summed E-state index contributed by atoms with van der Waals surface area (Å²) in [4.78, 5) is 32.2. The van der Waals surface area contributed by atoms with E-state index in [2.05, 4.69) is 4.98 Å². The van der Waals surface area contributed by atoms with Crippen molar-refractivity contribution in [2.75, 3.05) is 37.3 Å². The Hall–Kier alpha value is -3.11. The van der Waals surface area contributed by atoms with Crippen LogP contribution in [0.4, 0.5) is 15.8 Å². The molecule has 166 valence electrons. The highest BCUT2D eigenvalue weighted by atomic mass is 35.5. The molecular weight excluding hydrogens is 457 g/mol. The predicted octanol–water partition coefficient (Wildman–Crippen LogP) is 4.26. The molecule has 11 heteroatoms. The molecule has 0 atom stereocenters. The van der Waals surface area contributed by atoms with Gasteiger partial charge in [-0.05, 0) is 42.7 Å². The summed E-state index contributed by atoms with van der Waals surface area (Å²) in [5, 5.41) is 12.3. The number of nitrogens with zero attached hydrogens (tertiary/aromatic N) is 5. The Balaban J connectivity index is 1.55. The smallest absolute Gasteiger partial charge is 0.294 e. The first kappa shape index (κ1) is 22.1. The number of carbonyl (C=O) groups is 1. The Labute approximate surface area is 192 Å². The number of hydrogen-bond acceptors (Lipinski definition) is 6. The lowest BCUT2D eigenvalue weighted by Crippen LogP contribution is -2.49. The molecule has 1 aromatic heterocycles. The number of halogens is 2. The summed E-state index contributed by atoms with van der Waals surface area (Å²) in [5.41, 5.74) is 1.45. The Morgan fingerprint density at radius 1 is 1.16 bits per heavy atom. The van der Waals surface area contributed by atoms with Gasteiger partial charge in [-0.3, -0.25) is 19.5 Å². The van der Waals surface area contributed by atoms with Crippen LogP contribution in [0.3, 0.4) is 0 Å². The van der Waals surface area contributed by atoms with Gasteiger partial charge in [-0.2, -0.15) is 0 Å². The molecule has 0 bridgehead atoms. The average molecular weight is 476 g/mol. The number of hydrogen-bond donors (Lipinski definition) is 0. The van der Waals surface area contributed by atoms with Gasteiger partial charge in [0, 0.05) is 43.0 Å². The summed E-state index contributed by atoms with van der Waals surface area (Å²) < 4.78 is 15.1. The molecule has 2 heterocycles. The minimum Gasteiger partial charge on any atom is -0.362 e. The van der Waals surface area contributed by atoms with Gasteiger partial charge in [-0.15, -0.1) is 0 Å². The molecule has 8 nitrogen and oxygen atoms in total. The van der Waals surface area contributed by atoms with Gasteiger partial charge in [-0.25, -0.2) is 9.37 Å². The van der Waals surface area contributed by atoms with Gasteiger partial charge in [0.2, 0.25) is 0 Å². The first-order valence-corrected chi connectivity index (χ1v) is 11.3. The van der Waals surface area contributed by atoms with Crippen LogP contribution in [-0.2, 0) is 0 Å². The fraction of sp³-hybridized carbons (Fsp3) is 0.238. The van der Waals surface area contributed by atoms with E-state index >= 15 is 0 Å². The molecule has 0 saturated carbocycles. The molecule has 3 aromatic rings. The van der Waals surface area contributed by atoms with Crippen LogP contribution < -0.4 is 4.90 Å². The molecule has 0 spiro atoms. The third-order valence-electron chi connectivity index (χ3n) is 5.26. The van der Waals surface area contributed by atoms with E-state index in [0.29, 0.717) is 53.4 Å². The molecule has 0 N–H and O–H groups in total. The lowest BCUT2D eigenvalue weighted by Gasteiger charge is -2.35. The van der Waals surface area contributed by atoms with E-state index in [1.165, 1.54) is 36.2 Å². The predicted molar refractivity (Wildman–Crippen MR) is 122 cm³/mol. The summed E-state index contributed by atoms with van der Waals surface area (Å²) in [6.45, 7) is 1.66. The van der Waals surface area contributed by atoms with Crippen molar-refractivity contribution < 1.29 is 14.1 Å². The van der Waals surface area contributed by atoms with E-state index < -0.39 is 4.92 Å². The van der Waals surface area contributed by atoms with Crippen molar-refractivity contribution in [3.05, 3.63) is 75.3 Å². The minimum absolute atomic E-state index is 0.0590. The number of anilines is 1. The van der Waals surface area contributed by atoms with E-state index in [-0.39, 0.29) is 17.4 Å². The number of nitro groups is 1. The van der Waals surface area contributed by atoms with Crippen LogP contribution in [0.15, 0.2) is 53.8 Å². The maximum absolute atomic E-state index is 13.4. The van der Waals surface area contributed by atoms with Gasteiger partial charge < -0.3 is 9.80 Å². The number of amides is 1. The average Bonchev–Trinajstić information content (AvgIpc) is 3.23. The van der Waals surface area contributed by atoms with Gasteiger partial charge >= 0.3 is 0 Å². The summed E-state index contributed by atoms with van der Waals surface area (Å²) >= 11 is 7.30. The van der Waals surface area contributed by atoms with Gasteiger partial charge in [-0.1, -0.05) is 23.4 Å². The fourth-order valence-electron chi connectivity index (χ4n) is 3.69. The number of nitro benzene ring substituents is 1. The molecule has 1 aliphatic rings. The molecule has 0 unspecified atom stereocenters. The monoisotopic (exact) mass is 475 g/mol. The number of rotatable bonds is 5. The topological polar surface area (TPSA) is 84.5 Å². The molecule has 1 amide bonds. The number of thioether (sulfide) groups is 1. The standard InChI is InChI=1S/C21H19ClFN5O3S/c1-32-21-24-13-19(27(21)16-5-3-15(23)4-6-16)20(29)26-10-8-25(9-11-26)17-7-2-14(22)12-18(17)28(30)31/h2-7,12-13H,8-11H2,1H3. The Bertz CT molecular complexity index is 1160. The maximum Gasteiger partial charge on any atom is 0.294 e. The number of piperazine rings is 1. The van der Waals surface area contributed by atoms with Crippen molar-refractivity contribution in [1.82, 2.24) is 14.5 Å². The van der Waals surface area contributed by atoms with Gasteiger partial charge in [0.15, 0.2) is 5.16 Å². The molecule has 0 radical (unpaired) electrons. The third-order valence-corrected chi connectivity index (χ3v) is 6.15. The van der Waals surface area contributed by atoms with Crippen LogP contribution in [0.5, 0.6) is 0 Å². The third kappa shape index (κ3) is 4.28. The Morgan fingerprint density at radius 3 is 2.47 bits per heavy atom. The molecule has 1 fully saturated rings. The summed E-state index contributed by atoms with van der Waals surface area (Å²) in [6, 6.07) is 10.5. The van der Waals surface area contributed by atoms with Crippen molar-refractivity contribution in [2.45, 2.75) is 5.16 Å². The number of benzene rings is 2. The second-order valence-electron chi connectivity index (χ2n) is 7.11. The molecule has 32 heavy (non-hydrogen) atoms. The lowest BCUT2D eigenvalue weighted by molar-refractivity contribution is -0.384. The SMILES string of the molecule is CSc1ncc(C(=O)N2CCN(c3ccc(Cl)cc3[N+](=O)[O-])CC2)n1-c1ccc(F)cc1. The van der Waals surface area contributed by atoms with Gasteiger partial charge in [0.25, 0.3) is 11.6 Å². The molecule has 1 saturated heterocycles. The fourth-order valence-corrected chi connectivity index (χ4v) is 4.40. The van der Waals surface area contributed by atoms with Gasteiger partial charge in [0.05, 0.1) is 11.1 Å². The van der Waals surface area contributed by atoms with Crippen LogP contribution in [0, 0.1) is 15.9 Å². The molecule has 0 aliphatic carbocycles. The van der Waals surface area contributed by atoms with Crippen molar-refractivity contribution >= 4 is 40.6 Å². The highest BCUT2D eigenvalue weighted by Crippen LogP contribution is 2.32. The van der Waals surface area contributed by atoms with Gasteiger partial charge in [0.1, 0.15) is 17.2 Å². The summed E-state index contributed by atoms with van der Waals surface area (Å²) in [6.07, 6.45) is 3.38. The summed E-state index contributed by atoms with van der Waals surface area (Å²) in [7, 11) is 0. The van der Waals surface area contributed by atoms with Crippen molar-refractivity contribution in [1.29, 1.82) is 0 Å². The zero-order valence-corrected chi connectivity index (χ0v) is 18.6. The van der Waals surface area contributed by atoms with E-state index in [4.69, 9.17) is 11.6 Å². The van der Waals surface area contributed by atoms with E-state index in [1.54, 1.807) is 33.7 Å². The largest absolute Gasteiger partial charge is 0.362 e. The first-order chi connectivity index (χ1) is 15.4. The van der Waals surface area contributed by atoms with E-state index in [1.807, 2.05) is 11.2 Å². The van der Waals surface area contributed by atoms with Crippen molar-refractivity contribution in [3.63, 3.8) is 0 Å². The van der Waals surface area contributed by atoms with Crippen molar-refractivity contribution in [2.24, 2.45) is 0 Å². The second kappa shape index (κ2) is 9.17.